The fraction of sp³-hybridized carbons (Fsp3) is 0.286. The lowest BCUT2D eigenvalue weighted by atomic mass is 10.2. The van der Waals surface area contributed by atoms with Crippen LogP contribution in [0.5, 0.6) is 11.5 Å². The van der Waals surface area contributed by atoms with Crippen molar-refractivity contribution in [3.63, 3.8) is 0 Å². The number of amidine groups is 1. The summed E-state index contributed by atoms with van der Waals surface area (Å²) in [4.78, 5) is 14.6. The summed E-state index contributed by atoms with van der Waals surface area (Å²) in [5.41, 5.74) is 1.67. The molecule has 2 aromatic carbocycles. The van der Waals surface area contributed by atoms with Crippen molar-refractivity contribution in [2.45, 2.75) is 31.4 Å². The van der Waals surface area contributed by atoms with Gasteiger partial charge in [0.1, 0.15) is 0 Å². The topological polar surface area (TPSA) is 63.5 Å². The molecule has 1 amide bonds. The van der Waals surface area contributed by atoms with E-state index in [0.717, 1.165) is 36.3 Å². The number of hydrogen-bond donors (Lipinski definition) is 0. The molecule has 28 heavy (non-hydrogen) atoms. The molecular weight excluding hydrogens is 374 g/mol. The first-order valence-electron chi connectivity index (χ1n) is 9.32. The average molecular weight is 395 g/mol. The van der Waals surface area contributed by atoms with Crippen LogP contribution in [-0.4, -0.2) is 29.3 Å². The molecule has 0 radical (unpaired) electrons. The maximum absolute atomic E-state index is 12.9. The normalized spacial score (nSPS) is 19.9. The second-order valence-electron chi connectivity index (χ2n) is 6.50. The molecule has 2 heterocycles. The Kier molecular flexibility index (Phi) is 5.62. The number of amides is 1. The van der Waals surface area contributed by atoms with Crippen molar-refractivity contribution >= 4 is 34.7 Å². The smallest absolute Gasteiger partial charge is 0.246 e. The molecule has 4 rings (SSSR count). The molecule has 1 fully saturated rings. The molecule has 1 atom stereocenters. The van der Waals surface area contributed by atoms with E-state index in [9.17, 15) is 4.79 Å². The quantitative estimate of drug-likeness (QED) is 0.536. The number of fused-ring (bicyclic) bond motifs is 1. The van der Waals surface area contributed by atoms with Crippen molar-refractivity contribution in [2.24, 2.45) is 10.2 Å². The first kappa shape index (κ1) is 18.6. The number of benzene rings is 2. The first-order valence-corrected chi connectivity index (χ1v) is 10.2. The minimum atomic E-state index is -0.111. The van der Waals surface area contributed by atoms with Gasteiger partial charge in [0.25, 0.3) is 0 Å². The average Bonchev–Trinajstić information content (AvgIpc) is 3.31. The Morgan fingerprint density at radius 1 is 1.18 bits per heavy atom. The molecule has 0 unspecified atom stereocenters. The van der Waals surface area contributed by atoms with E-state index in [2.05, 4.69) is 17.1 Å². The number of nitrogens with zero attached hydrogens (tertiary/aromatic N) is 3. The highest BCUT2D eigenvalue weighted by atomic mass is 32.2. The zero-order chi connectivity index (χ0) is 19.3. The maximum atomic E-state index is 12.9. The highest BCUT2D eigenvalue weighted by molar-refractivity contribution is 8.16. The molecule has 1 saturated heterocycles. The van der Waals surface area contributed by atoms with Gasteiger partial charge in [-0.25, -0.2) is 0 Å². The monoisotopic (exact) mass is 395 g/mol. The Hall–Kier alpha value is -2.80. The number of thioether (sulfide) groups is 1. The number of rotatable bonds is 6. The van der Waals surface area contributed by atoms with E-state index in [0.29, 0.717) is 10.9 Å². The van der Waals surface area contributed by atoms with Gasteiger partial charge in [0.2, 0.25) is 12.7 Å². The minimum absolute atomic E-state index is 0.0710. The maximum Gasteiger partial charge on any atom is 0.246 e. The molecule has 0 spiro atoms. The van der Waals surface area contributed by atoms with Gasteiger partial charge in [-0.2, -0.15) is 5.10 Å². The fourth-order valence-electron chi connectivity index (χ4n) is 3.06. The molecule has 2 aromatic rings. The molecular formula is C21H21N3O3S. The zero-order valence-corrected chi connectivity index (χ0v) is 16.4. The third-order valence-corrected chi connectivity index (χ3v) is 5.71. The van der Waals surface area contributed by atoms with Crippen LogP contribution >= 0.6 is 11.8 Å². The third-order valence-electron chi connectivity index (χ3n) is 4.52. The molecule has 0 bridgehead atoms. The van der Waals surface area contributed by atoms with E-state index >= 15 is 0 Å². The number of ether oxygens (including phenoxy) is 2. The molecule has 0 N–H and O–H groups in total. The number of unbranched alkanes of at least 4 members (excludes halogenated alkanes) is 1. The molecule has 0 saturated carbocycles. The Morgan fingerprint density at radius 3 is 2.82 bits per heavy atom. The van der Waals surface area contributed by atoms with Crippen LogP contribution in [0.3, 0.4) is 0 Å². The molecule has 2 aliphatic heterocycles. The molecule has 0 aliphatic carbocycles. The SMILES string of the molecule is CCCC[C@@H]1S/C(=N/N=C\c2ccc3c(c2)OCO3)N(c2ccccc2)C1=O. The molecule has 2 aliphatic rings. The Bertz CT molecular complexity index is 914. The lowest BCUT2D eigenvalue weighted by molar-refractivity contribution is -0.117. The van der Waals surface area contributed by atoms with Crippen LogP contribution in [0.15, 0.2) is 58.7 Å². The summed E-state index contributed by atoms with van der Waals surface area (Å²) in [6.07, 6.45) is 4.57. The van der Waals surface area contributed by atoms with Gasteiger partial charge in [0.05, 0.1) is 17.2 Å². The third kappa shape index (κ3) is 3.89. The largest absolute Gasteiger partial charge is 0.454 e. The number of carbonyl (C=O) groups excluding carboxylic acids is 1. The Morgan fingerprint density at radius 2 is 2.00 bits per heavy atom. The second-order valence-corrected chi connectivity index (χ2v) is 7.67. The predicted molar refractivity (Wildman–Crippen MR) is 112 cm³/mol. The van der Waals surface area contributed by atoms with Crippen molar-refractivity contribution in [3.8, 4) is 11.5 Å². The standard InChI is InChI=1S/C21H21N3O3S/c1-2-3-9-19-20(25)24(16-7-5-4-6-8-16)21(28-19)23-22-13-15-10-11-17-18(12-15)27-14-26-17/h4-8,10-13,19H,2-3,9,14H2,1H3/b22-13-,23-21+/t19-/m0/s1. The van der Waals surface area contributed by atoms with Crippen LogP contribution in [0.4, 0.5) is 5.69 Å². The minimum Gasteiger partial charge on any atom is -0.454 e. The molecule has 6 nitrogen and oxygen atoms in total. The van der Waals surface area contributed by atoms with E-state index in [1.165, 1.54) is 11.8 Å². The first-order chi connectivity index (χ1) is 13.8. The van der Waals surface area contributed by atoms with Crippen LogP contribution in [0.2, 0.25) is 0 Å². The number of hydrogen-bond acceptors (Lipinski definition) is 6. The fourth-order valence-corrected chi connectivity index (χ4v) is 4.20. The summed E-state index contributed by atoms with van der Waals surface area (Å²) in [6, 6.07) is 15.2. The zero-order valence-electron chi connectivity index (χ0n) is 15.6. The Balaban J connectivity index is 1.57. The summed E-state index contributed by atoms with van der Waals surface area (Å²) in [5.74, 6) is 1.50. The lowest BCUT2D eigenvalue weighted by Crippen LogP contribution is -2.31. The number of carbonyl (C=O) groups is 1. The van der Waals surface area contributed by atoms with Crippen LogP contribution < -0.4 is 14.4 Å². The summed E-state index contributed by atoms with van der Waals surface area (Å²) < 4.78 is 10.7. The molecule has 7 heteroatoms. The molecule has 144 valence electrons. The summed E-state index contributed by atoms with van der Waals surface area (Å²) in [7, 11) is 0. The van der Waals surface area contributed by atoms with Crippen LogP contribution in [0.25, 0.3) is 0 Å². The van der Waals surface area contributed by atoms with Gasteiger partial charge < -0.3 is 9.47 Å². The lowest BCUT2D eigenvalue weighted by Gasteiger charge is -2.15. The van der Waals surface area contributed by atoms with Gasteiger partial charge in [0.15, 0.2) is 16.7 Å². The van der Waals surface area contributed by atoms with Gasteiger partial charge in [-0.3, -0.25) is 9.69 Å². The van der Waals surface area contributed by atoms with E-state index < -0.39 is 0 Å². The van der Waals surface area contributed by atoms with Gasteiger partial charge in [0, 0.05) is 0 Å². The summed E-state index contributed by atoms with van der Waals surface area (Å²) in [6.45, 7) is 2.37. The summed E-state index contributed by atoms with van der Waals surface area (Å²) in [5, 5.41) is 9.08. The second kappa shape index (κ2) is 8.48. The van der Waals surface area contributed by atoms with Crippen LogP contribution in [0.1, 0.15) is 31.7 Å². The van der Waals surface area contributed by atoms with Crippen molar-refractivity contribution in [2.75, 3.05) is 11.7 Å². The summed E-state index contributed by atoms with van der Waals surface area (Å²) >= 11 is 1.48. The van der Waals surface area contributed by atoms with Gasteiger partial charge in [-0.15, -0.1) is 5.10 Å². The van der Waals surface area contributed by atoms with Crippen molar-refractivity contribution in [1.29, 1.82) is 0 Å². The van der Waals surface area contributed by atoms with Gasteiger partial charge >= 0.3 is 0 Å². The highest BCUT2D eigenvalue weighted by Crippen LogP contribution is 2.35. The number of anilines is 1. The van der Waals surface area contributed by atoms with E-state index in [1.54, 1.807) is 11.1 Å². The van der Waals surface area contributed by atoms with Gasteiger partial charge in [-0.05, 0) is 42.3 Å². The predicted octanol–water partition coefficient (Wildman–Crippen LogP) is 4.44. The van der Waals surface area contributed by atoms with Crippen molar-refractivity contribution in [1.82, 2.24) is 0 Å². The highest BCUT2D eigenvalue weighted by Gasteiger charge is 2.38. The van der Waals surface area contributed by atoms with E-state index in [4.69, 9.17) is 9.47 Å². The van der Waals surface area contributed by atoms with Crippen LogP contribution in [0, 0.1) is 0 Å². The van der Waals surface area contributed by atoms with Crippen LogP contribution in [-0.2, 0) is 4.79 Å². The van der Waals surface area contributed by atoms with E-state index in [-0.39, 0.29) is 18.0 Å². The van der Waals surface area contributed by atoms with Crippen molar-refractivity contribution in [3.05, 3.63) is 54.1 Å². The molecule has 0 aromatic heterocycles. The Labute approximate surface area is 168 Å². The van der Waals surface area contributed by atoms with E-state index in [1.807, 2.05) is 48.5 Å². The number of para-hydroxylation sites is 1. The van der Waals surface area contributed by atoms with Gasteiger partial charge in [-0.1, -0.05) is 49.7 Å². The van der Waals surface area contributed by atoms with Crippen molar-refractivity contribution < 1.29 is 14.3 Å².